The van der Waals surface area contributed by atoms with Crippen LogP contribution in [0.5, 0.6) is 5.75 Å². The number of thioether (sulfide) groups is 1. The molecule has 11 heteroatoms. The molecule has 0 unspecified atom stereocenters. The van der Waals surface area contributed by atoms with Crippen LogP contribution in [0.25, 0.3) is 6.08 Å². The van der Waals surface area contributed by atoms with Gasteiger partial charge in [0.2, 0.25) is 12.3 Å². The fourth-order valence-corrected chi connectivity index (χ4v) is 3.64. The Kier molecular flexibility index (Phi) is 10.1. The molecule has 0 aliphatic heterocycles. The number of amidine groups is 1. The molecule has 7 N–H and O–H groups in total. The van der Waals surface area contributed by atoms with Crippen LogP contribution < -0.4 is 22.4 Å². The van der Waals surface area contributed by atoms with Crippen molar-refractivity contribution in [3.8, 4) is 5.75 Å². The highest BCUT2D eigenvalue weighted by Crippen LogP contribution is 2.23. The molecule has 180 valence electrons. The Morgan fingerprint density at radius 2 is 2.00 bits per heavy atom. The SMILES string of the molecule is CS/C(=C\c1cccc(C)c1)C(=O)N(C=O)CCCC(=O)Nc1ccc(/C(=N/N)NN)c(O)c1. The number of rotatable bonds is 10. The average Bonchev–Trinajstić information content (AvgIpc) is 2.82. The molecule has 34 heavy (non-hydrogen) atoms. The number of nitrogens with one attached hydrogen (secondary N) is 2. The summed E-state index contributed by atoms with van der Waals surface area (Å²) in [4.78, 5) is 38.1. The molecule has 3 amide bonds. The van der Waals surface area contributed by atoms with E-state index in [9.17, 15) is 19.5 Å². The first-order chi connectivity index (χ1) is 16.3. The summed E-state index contributed by atoms with van der Waals surface area (Å²) in [7, 11) is 0. The van der Waals surface area contributed by atoms with E-state index >= 15 is 0 Å². The Bertz CT molecular complexity index is 1100. The van der Waals surface area contributed by atoms with Crippen molar-refractivity contribution in [2.45, 2.75) is 19.8 Å². The number of aryl methyl sites for hydroxylation is 1. The van der Waals surface area contributed by atoms with Gasteiger partial charge in [-0.1, -0.05) is 29.8 Å². The number of carbonyl (C=O) groups excluding carboxylic acids is 3. The van der Waals surface area contributed by atoms with Gasteiger partial charge in [0.15, 0.2) is 5.84 Å². The van der Waals surface area contributed by atoms with E-state index in [1.54, 1.807) is 18.4 Å². The van der Waals surface area contributed by atoms with E-state index < -0.39 is 5.91 Å². The van der Waals surface area contributed by atoms with Crippen LogP contribution in [0.4, 0.5) is 5.69 Å². The molecule has 2 rings (SSSR count). The number of phenols is 1. The van der Waals surface area contributed by atoms with Gasteiger partial charge in [-0.25, -0.2) is 5.84 Å². The largest absolute Gasteiger partial charge is 0.507 e. The van der Waals surface area contributed by atoms with Crippen molar-refractivity contribution in [2.75, 3.05) is 18.1 Å². The molecule has 0 radical (unpaired) electrons. The van der Waals surface area contributed by atoms with Gasteiger partial charge in [0.1, 0.15) is 5.75 Å². The predicted molar refractivity (Wildman–Crippen MR) is 134 cm³/mol. The summed E-state index contributed by atoms with van der Waals surface area (Å²) in [6, 6.07) is 12.1. The van der Waals surface area contributed by atoms with Crippen molar-refractivity contribution in [3.05, 3.63) is 64.1 Å². The van der Waals surface area contributed by atoms with E-state index in [1.807, 2.05) is 31.2 Å². The van der Waals surface area contributed by atoms with Crippen molar-refractivity contribution < 1.29 is 19.5 Å². The van der Waals surface area contributed by atoms with E-state index in [0.29, 0.717) is 17.0 Å². The van der Waals surface area contributed by atoms with Gasteiger partial charge in [0, 0.05) is 24.7 Å². The van der Waals surface area contributed by atoms with Crippen molar-refractivity contribution in [2.24, 2.45) is 16.8 Å². The maximum atomic E-state index is 12.8. The van der Waals surface area contributed by atoms with Crippen LogP contribution in [0, 0.1) is 6.92 Å². The van der Waals surface area contributed by atoms with Gasteiger partial charge in [-0.3, -0.25) is 19.3 Å². The number of anilines is 1. The maximum absolute atomic E-state index is 12.8. The van der Waals surface area contributed by atoms with Crippen LogP contribution in [-0.2, 0) is 14.4 Å². The number of hydrazine groups is 1. The first kappa shape index (κ1) is 26.4. The summed E-state index contributed by atoms with van der Waals surface area (Å²) >= 11 is 1.25. The fourth-order valence-electron chi connectivity index (χ4n) is 3.09. The number of nitrogens with two attached hydrogens (primary N) is 2. The molecule has 2 aromatic carbocycles. The number of carbonyl (C=O) groups is 3. The van der Waals surface area contributed by atoms with Crippen molar-refractivity contribution in [1.82, 2.24) is 10.3 Å². The lowest BCUT2D eigenvalue weighted by molar-refractivity contribution is -0.135. The minimum absolute atomic E-state index is 0.0657. The number of imide groups is 1. The minimum Gasteiger partial charge on any atom is -0.507 e. The van der Waals surface area contributed by atoms with Gasteiger partial charge in [0.05, 0.1) is 10.5 Å². The molecule has 0 atom stereocenters. The molecule has 10 nitrogen and oxygen atoms in total. The summed E-state index contributed by atoms with van der Waals surface area (Å²) in [5.74, 6) is 9.62. The second-order valence-corrected chi connectivity index (χ2v) is 8.08. The molecule has 0 saturated heterocycles. The number of hydrazone groups is 1. The quantitative estimate of drug-likeness (QED) is 0.0852. The van der Waals surface area contributed by atoms with Crippen molar-refractivity contribution >= 4 is 47.6 Å². The van der Waals surface area contributed by atoms with Crippen LogP contribution in [0.15, 0.2) is 52.5 Å². The molecular weight excluding hydrogens is 456 g/mol. The Morgan fingerprint density at radius 1 is 1.24 bits per heavy atom. The number of benzene rings is 2. The Morgan fingerprint density at radius 3 is 2.59 bits per heavy atom. The Labute approximate surface area is 202 Å². The maximum Gasteiger partial charge on any atom is 0.266 e. The third-order valence-electron chi connectivity index (χ3n) is 4.76. The lowest BCUT2D eigenvalue weighted by Gasteiger charge is -2.16. The molecule has 0 bridgehead atoms. The van der Waals surface area contributed by atoms with Gasteiger partial charge in [-0.15, -0.1) is 11.8 Å². The summed E-state index contributed by atoms with van der Waals surface area (Å²) in [6.45, 7) is 2.05. The highest BCUT2D eigenvalue weighted by Gasteiger charge is 2.18. The van der Waals surface area contributed by atoms with Gasteiger partial charge >= 0.3 is 0 Å². The monoisotopic (exact) mass is 484 g/mol. The van der Waals surface area contributed by atoms with E-state index in [0.717, 1.165) is 16.0 Å². The molecule has 0 heterocycles. The molecular formula is C23H28N6O4S. The molecule has 0 fully saturated rings. The number of amides is 3. The normalized spacial score (nSPS) is 11.6. The number of hydrogen-bond acceptors (Lipinski definition) is 8. The first-order valence-corrected chi connectivity index (χ1v) is 11.5. The van der Waals surface area contributed by atoms with Crippen LogP contribution in [0.2, 0.25) is 0 Å². The fraction of sp³-hybridized carbons (Fsp3) is 0.217. The summed E-state index contributed by atoms with van der Waals surface area (Å²) < 4.78 is 0. The lowest BCUT2D eigenvalue weighted by atomic mass is 10.1. The zero-order valence-electron chi connectivity index (χ0n) is 18.9. The van der Waals surface area contributed by atoms with Crippen molar-refractivity contribution in [3.63, 3.8) is 0 Å². The summed E-state index contributed by atoms with van der Waals surface area (Å²) in [5, 5.41) is 16.2. The van der Waals surface area contributed by atoms with E-state index in [-0.39, 0.29) is 42.4 Å². The highest BCUT2D eigenvalue weighted by molar-refractivity contribution is 8.03. The molecule has 0 spiro atoms. The zero-order chi connectivity index (χ0) is 25.1. The van der Waals surface area contributed by atoms with Gasteiger partial charge in [0.25, 0.3) is 5.91 Å². The van der Waals surface area contributed by atoms with Gasteiger partial charge < -0.3 is 21.7 Å². The molecule has 0 aliphatic carbocycles. The van der Waals surface area contributed by atoms with Gasteiger partial charge in [-0.2, -0.15) is 5.10 Å². The number of phenolic OH excluding ortho intramolecular Hbond substituents is 1. The average molecular weight is 485 g/mol. The van der Waals surface area contributed by atoms with Crippen molar-refractivity contribution in [1.29, 1.82) is 0 Å². The molecule has 0 aromatic heterocycles. The predicted octanol–water partition coefficient (Wildman–Crippen LogP) is 1.89. The minimum atomic E-state index is -0.421. The third kappa shape index (κ3) is 7.36. The van der Waals surface area contributed by atoms with E-state index in [4.69, 9.17) is 11.7 Å². The summed E-state index contributed by atoms with van der Waals surface area (Å²) in [5.41, 5.74) is 4.81. The van der Waals surface area contributed by atoms with Crippen LogP contribution in [-0.4, -0.2) is 46.9 Å². The third-order valence-corrected chi connectivity index (χ3v) is 5.50. The van der Waals surface area contributed by atoms with E-state index in [1.165, 1.54) is 23.9 Å². The Balaban J connectivity index is 1.95. The number of nitrogens with zero attached hydrogens (tertiary/aromatic N) is 2. The lowest BCUT2D eigenvalue weighted by Crippen LogP contribution is -2.32. The van der Waals surface area contributed by atoms with Crippen LogP contribution in [0.3, 0.4) is 0 Å². The molecule has 2 aromatic rings. The standard InChI is InChI=1S/C23H28N6O4S/c1-15-5-3-6-16(11-15)12-20(34-2)23(33)29(14-30)10-4-7-21(32)26-17-8-9-18(19(31)13-17)22(27-24)28-25/h3,5-6,8-9,11-14,31H,4,7,10,24-25H2,1-2H3,(H,26,32)(H,27,28)/b20-12-. The topological polar surface area (TPSA) is 163 Å². The number of aromatic hydroxyl groups is 1. The smallest absolute Gasteiger partial charge is 0.266 e. The Hall–Kier alpha value is -3.83. The zero-order valence-corrected chi connectivity index (χ0v) is 19.8. The van der Waals surface area contributed by atoms with Crippen LogP contribution >= 0.6 is 11.8 Å². The van der Waals surface area contributed by atoms with E-state index in [2.05, 4.69) is 15.8 Å². The molecule has 0 aliphatic rings. The first-order valence-electron chi connectivity index (χ1n) is 10.3. The summed E-state index contributed by atoms with van der Waals surface area (Å²) in [6.07, 6.45) is 4.31. The molecule has 0 saturated carbocycles. The highest BCUT2D eigenvalue weighted by atomic mass is 32.2. The van der Waals surface area contributed by atoms with Gasteiger partial charge in [-0.05, 0) is 43.4 Å². The second kappa shape index (κ2) is 13.0. The second-order valence-electron chi connectivity index (χ2n) is 7.24. The van der Waals surface area contributed by atoms with Crippen LogP contribution in [0.1, 0.15) is 29.5 Å². The number of hydrogen-bond donors (Lipinski definition) is 5.